The molecule has 0 spiro atoms. The molecule has 0 bridgehead atoms. The van der Waals surface area contributed by atoms with Crippen molar-refractivity contribution in [3.63, 3.8) is 0 Å². The van der Waals surface area contributed by atoms with Gasteiger partial charge in [0.1, 0.15) is 17.9 Å². The molecule has 1 heterocycles. The van der Waals surface area contributed by atoms with E-state index < -0.39 is 10.0 Å². The number of sulfonamides is 1. The van der Waals surface area contributed by atoms with Gasteiger partial charge < -0.3 is 14.8 Å². The van der Waals surface area contributed by atoms with Gasteiger partial charge in [-0.3, -0.25) is 9.52 Å². The third-order valence-electron chi connectivity index (χ3n) is 5.15. The van der Waals surface area contributed by atoms with Crippen LogP contribution in [0.25, 0.3) is 0 Å². The van der Waals surface area contributed by atoms with Crippen LogP contribution in [-0.2, 0) is 10.0 Å². The Morgan fingerprint density at radius 2 is 1.66 bits per heavy atom. The molecular formula is C25H30N4O5S. The molecule has 1 aromatic heterocycles. The van der Waals surface area contributed by atoms with Gasteiger partial charge in [0.25, 0.3) is 15.9 Å². The van der Waals surface area contributed by atoms with E-state index in [0.717, 1.165) is 18.6 Å². The van der Waals surface area contributed by atoms with Crippen molar-refractivity contribution in [1.29, 1.82) is 0 Å². The maximum Gasteiger partial charge on any atom is 0.263 e. The van der Waals surface area contributed by atoms with Gasteiger partial charge in [0.05, 0.1) is 18.6 Å². The first-order valence-electron chi connectivity index (χ1n) is 11.4. The molecule has 0 saturated heterocycles. The Bertz CT molecular complexity index is 1200. The van der Waals surface area contributed by atoms with E-state index in [1.165, 1.54) is 63.0 Å². The topological polar surface area (TPSA) is 120 Å². The molecule has 3 rings (SSSR count). The fraction of sp³-hybridized carbons (Fsp3) is 0.320. The monoisotopic (exact) mass is 498 g/mol. The molecule has 10 heteroatoms. The van der Waals surface area contributed by atoms with Crippen molar-refractivity contribution < 1.29 is 22.7 Å². The highest BCUT2D eigenvalue weighted by atomic mass is 32.2. The number of nitrogens with zero attached hydrogens (tertiary/aromatic N) is 2. The van der Waals surface area contributed by atoms with Crippen molar-refractivity contribution in [2.24, 2.45) is 0 Å². The number of methoxy groups -OCH3 is 1. The molecular weight excluding hydrogens is 468 g/mol. The van der Waals surface area contributed by atoms with E-state index in [0.29, 0.717) is 17.9 Å². The molecule has 0 unspecified atom stereocenters. The molecule has 0 aliphatic rings. The molecule has 3 aromatic rings. The Morgan fingerprint density at radius 3 is 2.34 bits per heavy atom. The van der Waals surface area contributed by atoms with Crippen LogP contribution in [0.15, 0.2) is 65.8 Å². The molecule has 0 saturated carbocycles. The van der Waals surface area contributed by atoms with Gasteiger partial charge in [-0.25, -0.2) is 18.4 Å². The lowest BCUT2D eigenvalue weighted by Gasteiger charge is -2.10. The number of nitrogens with one attached hydrogen (secondary N) is 2. The van der Waals surface area contributed by atoms with Crippen molar-refractivity contribution in [2.75, 3.05) is 23.8 Å². The van der Waals surface area contributed by atoms with E-state index in [4.69, 9.17) is 9.47 Å². The Morgan fingerprint density at radius 1 is 0.943 bits per heavy atom. The van der Waals surface area contributed by atoms with Crippen LogP contribution < -0.4 is 19.5 Å². The number of hydrogen-bond acceptors (Lipinski definition) is 7. The molecule has 2 aromatic carbocycles. The van der Waals surface area contributed by atoms with Crippen LogP contribution in [0.2, 0.25) is 0 Å². The summed E-state index contributed by atoms with van der Waals surface area (Å²) >= 11 is 0. The summed E-state index contributed by atoms with van der Waals surface area (Å²) in [6.07, 6.45) is 7.04. The predicted molar refractivity (Wildman–Crippen MR) is 134 cm³/mol. The van der Waals surface area contributed by atoms with Crippen LogP contribution in [-0.4, -0.2) is 38.0 Å². The van der Waals surface area contributed by atoms with E-state index >= 15 is 0 Å². The van der Waals surface area contributed by atoms with E-state index in [-0.39, 0.29) is 22.5 Å². The summed E-state index contributed by atoms with van der Waals surface area (Å²) < 4.78 is 38.3. The normalized spacial score (nSPS) is 11.0. The second-order valence-corrected chi connectivity index (χ2v) is 9.50. The van der Waals surface area contributed by atoms with Gasteiger partial charge in [-0.2, -0.15) is 0 Å². The van der Waals surface area contributed by atoms with Crippen molar-refractivity contribution in [3.05, 3.63) is 66.5 Å². The fourth-order valence-electron chi connectivity index (χ4n) is 3.22. The van der Waals surface area contributed by atoms with Gasteiger partial charge >= 0.3 is 0 Å². The lowest BCUT2D eigenvalue weighted by atomic mass is 10.1. The number of benzene rings is 2. The van der Waals surface area contributed by atoms with Crippen molar-refractivity contribution in [3.8, 4) is 11.6 Å². The molecule has 0 radical (unpaired) electrons. The smallest absolute Gasteiger partial charge is 0.263 e. The van der Waals surface area contributed by atoms with E-state index in [9.17, 15) is 13.2 Å². The van der Waals surface area contributed by atoms with Gasteiger partial charge in [0.2, 0.25) is 5.88 Å². The minimum Gasteiger partial charge on any atom is -0.494 e. The van der Waals surface area contributed by atoms with Gasteiger partial charge in [-0.15, -0.1) is 0 Å². The second kappa shape index (κ2) is 12.7. The van der Waals surface area contributed by atoms with Crippen LogP contribution in [0.1, 0.15) is 49.4 Å². The summed E-state index contributed by atoms with van der Waals surface area (Å²) in [7, 11) is -2.45. The van der Waals surface area contributed by atoms with Crippen molar-refractivity contribution in [2.45, 2.75) is 43.9 Å². The van der Waals surface area contributed by atoms with Gasteiger partial charge in [0, 0.05) is 17.3 Å². The van der Waals surface area contributed by atoms with Gasteiger partial charge in [0.15, 0.2) is 0 Å². The van der Waals surface area contributed by atoms with Crippen molar-refractivity contribution >= 4 is 27.4 Å². The van der Waals surface area contributed by atoms with Crippen LogP contribution in [0, 0.1) is 0 Å². The number of carbonyl (C=O) groups is 1. The lowest BCUT2D eigenvalue weighted by Crippen LogP contribution is -2.15. The number of rotatable bonds is 13. The number of aromatic nitrogens is 2. The first kappa shape index (κ1) is 26.0. The molecule has 0 atom stereocenters. The zero-order valence-electron chi connectivity index (χ0n) is 19.9. The largest absolute Gasteiger partial charge is 0.494 e. The molecule has 1 amide bonds. The predicted octanol–water partition coefficient (Wildman–Crippen LogP) is 4.89. The number of hydrogen-bond donors (Lipinski definition) is 2. The molecule has 35 heavy (non-hydrogen) atoms. The van der Waals surface area contributed by atoms with Gasteiger partial charge in [-0.05, 0) is 55.0 Å². The zero-order valence-corrected chi connectivity index (χ0v) is 20.7. The minimum absolute atomic E-state index is 0.0178. The molecule has 0 fully saturated rings. The lowest BCUT2D eigenvalue weighted by molar-refractivity contribution is 0.102. The second-order valence-electron chi connectivity index (χ2n) is 7.82. The van der Waals surface area contributed by atoms with Crippen molar-refractivity contribution in [1.82, 2.24) is 9.97 Å². The molecule has 0 aliphatic heterocycles. The van der Waals surface area contributed by atoms with E-state index in [1.54, 1.807) is 24.3 Å². The highest BCUT2D eigenvalue weighted by Gasteiger charge is 2.16. The first-order valence-corrected chi connectivity index (χ1v) is 12.9. The molecule has 0 aliphatic carbocycles. The van der Waals surface area contributed by atoms with Crippen LogP contribution in [0.4, 0.5) is 11.5 Å². The summed E-state index contributed by atoms with van der Waals surface area (Å²) in [5, 5.41) is 2.76. The third-order valence-corrected chi connectivity index (χ3v) is 6.52. The fourth-order valence-corrected chi connectivity index (χ4v) is 4.22. The van der Waals surface area contributed by atoms with E-state index in [1.807, 2.05) is 0 Å². The zero-order chi connectivity index (χ0) is 25.1. The number of unbranched alkanes of at least 4 members (excludes halogenated alkanes) is 4. The minimum atomic E-state index is -3.88. The summed E-state index contributed by atoms with van der Waals surface area (Å²) in [6.45, 7) is 2.84. The van der Waals surface area contributed by atoms with Crippen LogP contribution in [0.3, 0.4) is 0 Å². The summed E-state index contributed by atoms with van der Waals surface area (Å²) in [5.41, 5.74) is 0.932. The standard InChI is InChI=1S/C25H30N4O5S/c1-3-4-5-6-7-16-34-21-12-8-19(9-13-21)25(30)28-20-10-14-22(15-11-20)35(31,32)29-23-17-24(33-2)27-18-26-23/h8-15,17-18H,3-7,16H2,1-2H3,(H,28,30)(H,26,27,29). The number of amides is 1. The molecule has 9 nitrogen and oxygen atoms in total. The Balaban J connectivity index is 1.53. The Kier molecular flexibility index (Phi) is 9.42. The summed E-state index contributed by atoms with van der Waals surface area (Å²) in [5.74, 6) is 0.731. The maximum absolute atomic E-state index is 12.6. The summed E-state index contributed by atoms with van der Waals surface area (Å²) in [4.78, 5) is 20.3. The molecule has 2 N–H and O–H groups in total. The number of anilines is 2. The van der Waals surface area contributed by atoms with E-state index in [2.05, 4.69) is 26.9 Å². The Labute approximate surface area is 206 Å². The number of carbonyl (C=O) groups excluding carboxylic acids is 1. The molecule has 186 valence electrons. The third kappa shape index (κ3) is 7.96. The van der Waals surface area contributed by atoms with Gasteiger partial charge in [-0.1, -0.05) is 32.6 Å². The first-order chi connectivity index (χ1) is 16.9. The highest BCUT2D eigenvalue weighted by Crippen LogP contribution is 2.20. The SMILES string of the molecule is CCCCCCCOc1ccc(C(=O)Nc2ccc(S(=O)(=O)Nc3cc(OC)ncn3)cc2)cc1. The van der Waals surface area contributed by atoms with Crippen LogP contribution in [0.5, 0.6) is 11.6 Å². The maximum atomic E-state index is 12.6. The average molecular weight is 499 g/mol. The Hall–Kier alpha value is -3.66. The number of ether oxygens (including phenoxy) is 2. The average Bonchev–Trinajstić information content (AvgIpc) is 2.86. The quantitative estimate of drug-likeness (QED) is 0.322. The highest BCUT2D eigenvalue weighted by molar-refractivity contribution is 7.92. The van der Waals surface area contributed by atoms with Crippen LogP contribution >= 0.6 is 0 Å². The summed E-state index contributed by atoms with van der Waals surface area (Å²) in [6, 6.07) is 14.1.